The summed E-state index contributed by atoms with van der Waals surface area (Å²) in [6.07, 6.45) is -3.66. The van der Waals surface area contributed by atoms with E-state index in [1.807, 2.05) is 0 Å². The number of aryl methyl sites for hydroxylation is 1. The number of esters is 1. The standard InChI is InChI=1S/C26H28F2N4O10/c1-14(2)23(36)39-13-40-25(38)31-20-10-16(8-9-29-20)4-7-21(33)32(12-22(34)35)24(37)30-15(3)17-5-6-18-19(11-17)42-26(27,28)41-18/h5-6,8-11,14-15H,4,7,12-13H2,1-3H3,(H,30,37)(H,34,35)(H,29,31,38). The van der Waals surface area contributed by atoms with E-state index in [0.717, 1.165) is 0 Å². The lowest BCUT2D eigenvalue weighted by molar-refractivity contribution is -0.286. The van der Waals surface area contributed by atoms with E-state index in [-0.39, 0.29) is 30.2 Å². The maximum atomic E-state index is 13.3. The Bertz CT molecular complexity index is 1350. The van der Waals surface area contributed by atoms with E-state index in [4.69, 9.17) is 9.47 Å². The molecule has 1 aromatic heterocycles. The highest BCUT2D eigenvalue weighted by Crippen LogP contribution is 2.42. The van der Waals surface area contributed by atoms with Crippen LogP contribution >= 0.6 is 0 Å². The number of rotatable bonds is 11. The van der Waals surface area contributed by atoms with Crippen molar-refractivity contribution in [3.05, 3.63) is 47.7 Å². The van der Waals surface area contributed by atoms with Gasteiger partial charge in [-0.25, -0.2) is 14.6 Å². The number of pyridine rings is 1. The van der Waals surface area contributed by atoms with Crippen molar-refractivity contribution in [2.75, 3.05) is 18.7 Å². The Morgan fingerprint density at radius 2 is 1.76 bits per heavy atom. The van der Waals surface area contributed by atoms with Gasteiger partial charge in [-0.2, -0.15) is 0 Å². The Labute approximate surface area is 237 Å². The van der Waals surface area contributed by atoms with Gasteiger partial charge >= 0.3 is 30.4 Å². The van der Waals surface area contributed by atoms with Gasteiger partial charge in [0.05, 0.1) is 12.0 Å². The molecule has 0 aliphatic carbocycles. The molecule has 1 aliphatic rings. The molecule has 0 spiro atoms. The molecule has 3 rings (SSSR count). The van der Waals surface area contributed by atoms with Crippen molar-refractivity contribution in [3.8, 4) is 11.5 Å². The average Bonchev–Trinajstić information content (AvgIpc) is 3.23. The summed E-state index contributed by atoms with van der Waals surface area (Å²) in [6, 6.07) is 4.99. The fourth-order valence-corrected chi connectivity index (χ4v) is 3.52. The number of hydrogen-bond donors (Lipinski definition) is 3. The summed E-state index contributed by atoms with van der Waals surface area (Å²) in [7, 11) is 0. The quantitative estimate of drug-likeness (QED) is 0.256. The lowest BCUT2D eigenvalue weighted by Crippen LogP contribution is -2.47. The van der Waals surface area contributed by atoms with Crippen molar-refractivity contribution in [1.29, 1.82) is 0 Å². The lowest BCUT2D eigenvalue weighted by atomic mass is 10.1. The van der Waals surface area contributed by atoms with E-state index in [0.29, 0.717) is 16.0 Å². The van der Waals surface area contributed by atoms with Gasteiger partial charge in [0.25, 0.3) is 0 Å². The molecule has 0 bridgehead atoms. The first-order valence-electron chi connectivity index (χ1n) is 12.5. The Hall–Kier alpha value is -5.02. The first-order valence-corrected chi connectivity index (χ1v) is 12.5. The van der Waals surface area contributed by atoms with Gasteiger partial charge in [0.1, 0.15) is 12.4 Å². The molecular weight excluding hydrogens is 566 g/mol. The molecule has 0 radical (unpaired) electrons. The molecule has 1 aromatic carbocycles. The number of fused-ring (bicyclic) bond motifs is 1. The minimum atomic E-state index is -3.82. The van der Waals surface area contributed by atoms with Gasteiger partial charge in [-0.15, -0.1) is 8.78 Å². The Balaban J connectivity index is 1.56. The van der Waals surface area contributed by atoms with E-state index in [2.05, 4.69) is 25.1 Å². The van der Waals surface area contributed by atoms with E-state index in [9.17, 15) is 37.9 Å². The number of halogens is 2. The highest BCUT2D eigenvalue weighted by Gasteiger charge is 2.43. The molecule has 2 heterocycles. The average molecular weight is 595 g/mol. The molecule has 1 aliphatic heterocycles. The second-order valence-corrected chi connectivity index (χ2v) is 9.26. The minimum absolute atomic E-state index is 0.0480. The number of alkyl halides is 2. The maximum Gasteiger partial charge on any atom is 0.586 e. The van der Waals surface area contributed by atoms with Crippen LogP contribution in [0.1, 0.15) is 44.4 Å². The summed E-state index contributed by atoms with van der Waals surface area (Å²) in [4.78, 5) is 64.9. The number of amides is 4. The first-order chi connectivity index (χ1) is 19.7. The molecule has 4 amide bonds. The van der Waals surface area contributed by atoms with Gasteiger partial charge in [-0.05, 0) is 48.7 Å². The number of carbonyl (C=O) groups excluding carboxylic acids is 4. The number of carboxylic acids is 1. The fraction of sp³-hybridized carbons (Fsp3) is 0.385. The number of hydrogen-bond acceptors (Lipinski definition) is 10. The smallest absolute Gasteiger partial charge is 0.480 e. The summed E-state index contributed by atoms with van der Waals surface area (Å²) < 4.78 is 44.8. The minimum Gasteiger partial charge on any atom is -0.480 e. The maximum absolute atomic E-state index is 13.3. The van der Waals surface area contributed by atoms with Crippen molar-refractivity contribution in [2.45, 2.75) is 45.9 Å². The number of aliphatic carboxylic acids is 1. The third-order valence-corrected chi connectivity index (χ3v) is 5.65. The van der Waals surface area contributed by atoms with Crippen LogP contribution in [0.15, 0.2) is 36.5 Å². The molecule has 1 atom stereocenters. The molecule has 16 heteroatoms. The zero-order valence-electron chi connectivity index (χ0n) is 22.7. The largest absolute Gasteiger partial charge is 0.586 e. The summed E-state index contributed by atoms with van der Waals surface area (Å²) >= 11 is 0. The molecule has 2 aromatic rings. The molecule has 1 unspecified atom stereocenters. The van der Waals surface area contributed by atoms with Gasteiger partial charge in [-0.3, -0.25) is 24.6 Å². The SMILES string of the molecule is CC(C)C(=O)OCOC(=O)Nc1cc(CCC(=O)N(CC(=O)O)C(=O)NC(C)c2ccc3c(c2)OC(F)(F)O3)ccn1. The zero-order valence-corrected chi connectivity index (χ0v) is 22.7. The number of nitrogens with one attached hydrogen (secondary N) is 2. The molecule has 0 saturated heterocycles. The highest BCUT2D eigenvalue weighted by molar-refractivity contribution is 5.97. The summed E-state index contributed by atoms with van der Waals surface area (Å²) in [5.41, 5.74) is 0.848. The number of imide groups is 1. The van der Waals surface area contributed by atoms with Gasteiger partial charge in [0, 0.05) is 12.6 Å². The molecule has 0 saturated carbocycles. The van der Waals surface area contributed by atoms with Crippen LogP contribution in [0.3, 0.4) is 0 Å². The molecule has 14 nitrogen and oxygen atoms in total. The summed E-state index contributed by atoms with van der Waals surface area (Å²) in [5.74, 6) is -3.57. The summed E-state index contributed by atoms with van der Waals surface area (Å²) in [5, 5.41) is 14.1. The lowest BCUT2D eigenvalue weighted by Gasteiger charge is -2.23. The van der Waals surface area contributed by atoms with E-state index < -0.39 is 61.6 Å². The van der Waals surface area contributed by atoms with Crippen LogP contribution in [0.4, 0.5) is 24.2 Å². The Morgan fingerprint density at radius 3 is 2.45 bits per heavy atom. The highest BCUT2D eigenvalue weighted by atomic mass is 19.3. The van der Waals surface area contributed by atoms with E-state index in [1.54, 1.807) is 19.9 Å². The molecule has 0 fully saturated rings. The fourth-order valence-electron chi connectivity index (χ4n) is 3.52. The Kier molecular flexibility index (Phi) is 10.2. The second-order valence-electron chi connectivity index (χ2n) is 9.26. The van der Waals surface area contributed by atoms with Crippen molar-refractivity contribution >= 4 is 35.8 Å². The molecule has 226 valence electrons. The predicted molar refractivity (Wildman–Crippen MR) is 137 cm³/mol. The number of carbonyl (C=O) groups is 5. The Morgan fingerprint density at radius 1 is 1.05 bits per heavy atom. The van der Waals surface area contributed by atoms with E-state index >= 15 is 0 Å². The van der Waals surface area contributed by atoms with Crippen LogP contribution in [0.5, 0.6) is 11.5 Å². The van der Waals surface area contributed by atoms with E-state index in [1.165, 1.54) is 37.4 Å². The van der Waals surface area contributed by atoms with Crippen LogP contribution in [-0.4, -0.2) is 64.6 Å². The monoisotopic (exact) mass is 594 g/mol. The van der Waals surface area contributed by atoms with Crippen LogP contribution in [0.25, 0.3) is 0 Å². The van der Waals surface area contributed by atoms with Crippen molar-refractivity contribution in [1.82, 2.24) is 15.2 Å². The van der Waals surface area contributed by atoms with Gasteiger partial charge in [0.15, 0.2) is 11.5 Å². The van der Waals surface area contributed by atoms with Crippen molar-refractivity contribution in [3.63, 3.8) is 0 Å². The number of urea groups is 1. The van der Waals surface area contributed by atoms with Crippen LogP contribution in [0.2, 0.25) is 0 Å². The van der Waals surface area contributed by atoms with Crippen LogP contribution in [0, 0.1) is 5.92 Å². The van der Waals surface area contributed by atoms with Crippen LogP contribution < -0.4 is 20.1 Å². The number of aromatic nitrogens is 1. The normalized spacial score (nSPS) is 13.6. The zero-order chi connectivity index (χ0) is 31.0. The first kappa shape index (κ1) is 31.5. The number of benzene rings is 1. The van der Waals surface area contributed by atoms with Crippen LogP contribution in [-0.2, 0) is 30.3 Å². The molecule has 3 N–H and O–H groups in total. The van der Waals surface area contributed by atoms with Crippen molar-refractivity contribution in [2.24, 2.45) is 5.92 Å². The number of anilines is 1. The number of ether oxygens (including phenoxy) is 4. The van der Waals surface area contributed by atoms with Gasteiger partial charge in [-0.1, -0.05) is 19.9 Å². The molecular formula is C26H28F2N4O10. The number of carboxylic acid groups (broad SMARTS) is 1. The van der Waals surface area contributed by atoms with Gasteiger partial charge < -0.3 is 29.4 Å². The third-order valence-electron chi connectivity index (χ3n) is 5.65. The molecule has 42 heavy (non-hydrogen) atoms. The predicted octanol–water partition coefficient (Wildman–Crippen LogP) is 3.42. The third kappa shape index (κ3) is 9.00. The van der Waals surface area contributed by atoms with Crippen molar-refractivity contribution < 1.29 is 56.8 Å². The summed E-state index contributed by atoms with van der Waals surface area (Å²) in [6.45, 7) is 3.21. The number of nitrogens with zero attached hydrogens (tertiary/aromatic N) is 2. The van der Waals surface area contributed by atoms with Gasteiger partial charge in [0.2, 0.25) is 12.7 Å². The second kappa shape index (κ2) is 13.6. The topological polar surface area (TPSA) is 183 Å².